The number of H-pyrrole nitrogens is 1. The number of aromatic nitrogens is 5. The van der Waals surface area contributed by atoms with Gasteiger partial charge in [0, 0.05) is 5.56 Å². The van der Waals surface area contributed by atoms with E-state index in [0.717, 1.165) is 10.6 Å². The normalized spacial score (nSPS) is 10.7. The lowest BCUT2D eigenvalue weighted by molar-refractivity contribution is -0.113. The Kier molecular flexibility index (Phi) is 4.53. The number of thioether (sulfide) groups is 1. The van der Waals surface area contributed by atoms with E-state index in [9.17, 15) is 4.79 Å². The molecule has 2 aromatic heterocycles. The SMILES string of the molecule is Cc1ccc(-c2nc(NC(=O)CSc3n[nH]c(N)n3)ns2)cc1. The number of nitrogens with two attached hydrogens (primary N) is 1. The molecule has 0 aliphatic rings. The Morgan fingerprint density at radius 2 is 2.13 bits per heavy atom. The van der Waals surface area contributed by atoms with Crippen LogP contribution in [-0.2, 0) is 4.79 Å². The summed E-state index contributed by atoms with van der Waals surface area (Å²) < 4.78 is 4.15. The Morgan fingerprint density at radius 1 is 1.35 bits per heavy atom. The summed E-state index contributed by atoms with van der Waals surface area (Å²) >= 11 is 2.42. The van der Waals surface area contributed by atoms with E-state index in [4.69, 9.17) is 5.73 Å². The van der Waals surface area contributed by atoms with E-state index in [1.165, 1.54) is 28.9 Å². The number of hydrogen-bond donors (Lipinski definition) is 3. The fourth-order valence-electron chi connectivity index (χ4n) is 1.70. The number of aryl methyl sites for hydroxylation is 1. The highest BCUT2D eigenvalue weighted by Crippen LogP contribution is 2.23. The Hall–Kier alpha value is -2.46. The molecule has 0 radical (unpaired) electrons. The van der Waals surface area contributed by atoms with Gasteiger partial charge in [-0.15, -0.1) is 5.10 Å². The van der Waals surface area contributed by atoms with Crippen LogP contribution in [0.5, 0.6) is 0 Å². The van der Waals surface area contributed by atoms with Crippen molar-refractivity contribution in [3.8, 4) is 10.6 Å². The van der Waals surface area contributed by atoms with Crippen LogP contribution < -0.4 is 11.1 Å². The summed E-state index contributed by atoms with van der Waals surface area (Å²) in [4.78, 5) is 20.1. The lowest BCUT2D eigenvalue weighted by Crippen LogP contribution is -2.15. The van der Waals surface area contributed by atoms with Crippen molar-refractivity contribution in [3.05, 3.63) is 29.8 Å². The highest BCUT2D eigenvalue weighted by molar-refractivity contribution is 7.99. The zero-order valence-corrected chi connectivity index (χ0v) is 13.7. The first-order valence-corrected chi connectivity index (χ1v) is 8.37. The number of aromatic amines is 1. The first-order valence-electron chi connectivity index (χ1n) is 6.61. The number of amides is 1. The summed E-state index contributed by atoms with van der Waals surface area (Å²) in [7, 11) is 0. The van der Waals surface area contributed by atoms with Gasteiger partial charge in [0.2, 0.25) is 23.0 Å². The van der Waals surface area contributed by atoms with E-state index in [-0.39, 0.29) is 17.6 Å². The molecular formula is C13H13N7OS2. The Bertz CT molecular complexity index is 812. The van der Waals surface area contributed by atoms with E-state index >= 15 is 0 Å². The molecule has 118 valence electrons. The maximum Gasteiger partial charge on any atom is 0.241 e. The van der Waals surface area contributed by atoms with Gasteiger partial charge in [0.15, 0.2) is 0 Å². The number of carbonyl (C=O) groups is 1. The molecule has 3 aromatic rings. The van der Waals surface area contributed by atoms with Gasteiger partial charge in [0.25, 0.3) is 0 Å². The fraction of sp³-hybridized carbons (Fsp3) is 0.154. The maximum atomic E-state index is 11.9. The predicted molar refractivity (Wildman–Crippen MR) is 90.2 cm³/mol. The second kappa shape index (κ2) is 6.75. The molecule has 1 amide bonds. The van der Waals surface area contributed by atoms with Crippen molar-refractivity contribution in [3.63, 3.8) is 0 Å². The largest absolute Gasteiger partial charge is 0.368 e. The average Bonchev–Trinajstić information content (AvgIpc) is 3.15. The van der Waals surface area contributed by atoms with Crippen molar-refractivity contribution < 1.29 is 4.79 Å². The number of nitrogens with zero attached hydrogens (tertiary/aromatic N) is 4. The van der Waals surface area contributed by atoms with Crippen LogP contribution in [0.25, 0.3) is 10.6 Å². The second-order valence-electron chi connectivity index (χ2n) is 4.63. The summed E-state index contributed by atoms with van der Waals surface area (Å²) in [5, 5.41) is 10.2. The topological polar surface area (TPSA) is 122 Å². The van der Waals surface area contributed by atoms with E-state index in [1.54, 1.807) is 0 Å². The molecule has 10 heteroatoms. The van der Waals surface area contributed by atoms with E-state index in [2.05, 4.69) is 29.9 Å². The van der Waals surface area contributed by atoms with Crippen LogP contribution in [0.2, 0.25) is 0 Å². The molecule has 0 saturated heterocycles. The standard InChI is InChI=1S/C13H13N7OS2/c1-7-2-4-8(5-3-7)10-16-12(20-23-10)15-9(21)6-22-13-17-11(14)18-19-13/h2-5H,6H2,1H3,(H,15,20,21)(H3,14,17,18,19). The summed E-state index contributed by atoms with van der Waals surface area (Å²) in [5.41, 5.74) is 7.56. The van der Waals surface area contributed by atoms with Gasteiger partial charge in [0.05, 0.1) is 5.75 Å². The Balaban J connectivity index is 1.58. The quantitative estimate of drug-likeness (QED) is 0.603. The van der Waals surface area contributed by atoms with Crippen molar-refractivity contribution in [1.82, 2.24) is 24.5 Å². The molecule has 0 unspecified atom stereocenters. The third kappa shape index (κ3) is 4.05. The monoisotopic (exact) mass is 347 g/mol. The van der Waals surface area contributed by atoms with Crippen LogP contribution in [0, 0.1) is 6.92 Å². The van der Waals surface area contributed by atoms with Crippen molar-refractivity contribution in [1.29, 1.82) is 0 Å². The first-order chi connectivity index (χ1) is 11.1. The molecular weight excluding hydrogens is 334 g/mol. The molecule has 0 spiro atoms. The molecule has 8 nitrogen and oxygen atoms in total. The zero-order valence-electron chi connectivity index (χ0n) is 12.1. The van der Waals surface area contributed by atoms with Crippen molar-refractivity contribution in [2.45, 2.75) is 12.1 Å². The number of rotatable bonds is 5. The molecule has 4 N–H and O–H groups in total. The minimum Gasteiger partial charge on any atom is -0.368 e. The molecule has 2 heterocycles. The first kappa shape index (κ1) is 15.4. The molecule has 0 aliphatic carbocycles. The predicted octanol–water partition coefficient (Wildman–Crippen LogP) is 1.94. The van der Waals surface area contributed by atoms with Crippen molar-refractivity contribution in [2.75, 3.05) is 16.8 Å². The summed E-state index contributed by atoms with van der Waals surface area (Å²) in [6.07, 6.45) is 0. The van der Waals surface area contributed by atoms with Crippen LogP contribution in [0.1, 0.15) is 5.56 Å². The second-order valence-corrected chi connectivity index (χ2v) is 6.32. The smallest absolute Gasteiger partial charge is 0.241 e. The number of nitrogens with one attached hydrogen (secondary N) is 2. The van der Waals surface area contributed by atoms with Crippen LogP contribution in [-0.4, -0.2) is 36.2 Å². The molecule has 3 rings (SSSR count). The van der Waals surface area contributed by atoms with Crippen molar-refractivity contribution in [2.24, 2.45) is 0 Å². The lowest BCUT2D eigenvalue weighted by Gasteiger charge is -1.98. The van der Waals surface area contributed by atoms with Crippen LogP contribution >= 0.6 is 23.3 Å². The van der Waals surface area contributed by atoms with Crippen LogP contribution in [0.15, 0.2) is 29.4 Å². The number of anilines is 2. The number of nitrogen functional groups attached to an aromatic ring is 1. The minimum atomic E-state index is -0.230. The van der Waals surface area contributed by atoms with Crippen molar-refractivity contribution >= 4 is 41.1 Å². The van der Waals surface area contributed by atoms with Crippen LogP contribution in [0.4, 0.5) is 11.9 Å². The summed E-state index contributed by atoms with van der Waals surface area (Å²) in [6, 6.07) is 7.97. The summed E-state index contributed by atoms with van der Waals surface area (Å²) in [5.74, 6) is 0.435. The maximum absolute atomic E-state index is 11.9. The van der Waals surface area contributed by atoms with Gasteiger partial charge < -0.3 is 5.73 Å². The summed E-state index contributed by atoms with van der Waals surface area (Å²) in [6.45, 7) is 2.02. The third-order valence-corrected chi connectivity index (χ3v) is 4.40. The molecule has 1 aromatic carbocycles. The molecule has 0 aliphatic heterocycles. The third-order valence-electron chi connectivity index (χ3n) is 2.79. The zero-order chi connectivity index (χ0) is 16.2. The van der Waals surface area contributed by atoms with Gasteiger partial charge in [-0.2, -0.15) is 14.3 Å². The molecule has 0 fully saturated rings. The lowest BCUT2D eigenvalue weighted by atomic mass is 10.2. The fourth-order valence-corrected chi connectivity index (χ4v) is 2.93. The number of benzene rings is 1. The molecule has 0 bridgehead atoms. The van der Waals surface area contributed by atoms with Crippen LogP contribution in [0.3, 0.4) is 0 Å². The van der Waals surface area contributed by atoms with Gasteiger partial charge in [-0.1, -0.05) is 41.6 Å². The molecule has 0 saturated carbocycles. The van der Waals surface area contributed by atoms with Gasteiger partial charge in [-0.05, 0) is 18.5 Å². The molecule has 23 heavy (non-hydrogen) atoms. The van der Waals surface area contributed by atoms with Gasteiger partial charge >= 0.3 is 0 Å². The van der Waals surface area contributed by atoms with E-state index < -0.39 is 0 Å². The van der Waals surface area contributed by atoms with Gasteiger partial charge in [-0.3, -0.25) is 10.1 Å². The Morgan fingerprint density at radius 3 is 2.83 bits per heavy atom. The minimum absolute atomic E-state index is 0.149. The Labute approximate surface area is 140 Å². The van der Waals surface area contributed by atoms with E-state index in [1.807, 2.05) is 31.2 Å². The average molecular weight is 347 g/mol. The number of carbonyl (C=O) groups excluding carboxylic acids is 1. The molecule has 0 atom stereocenters. The highest BCUT2D eigenvalue weighted by Gasteiger charge is 2.11. The van der Waals surface area contributed by atoms with Gasteiger partial charge in [-0.25, -0.2) is 5.10 Å². The number of hydrogen-bond acceptors (Lipinski definition) is 8. The highest BCUT2D eigenvalue weighted by atomic mass is 32.2. The van der Waals surface area contributed by atoms with E-state index in [0.29, 0.717) is 11.1 Å². The van der Waals surface area contributed by atoms with Gasteiger partial charge in [0.1, 0.15) is 5.01 Å².